The van der Waals surface area contributed by atoms with Gasteiger partial charge in [-0.25, -0.2) is 4.98 Å². The lowest BCUT2D eigenvalue weighted by Gasteiger charge is -2.24. The summed E-state index contributed by atoms with van der Waals surface area (Å²) < 4.78 is 0. The Balaban J connectivity index is 0.000000555. The molecule has 0 bridgehead atoms. The number of rotatable bonds is 10. The second-order valence-corrected chi connectivity index (χ2v) is 12.1. The molecule has 1 aromatic heterocycles. The van der Waals surface area contributed by atoms with Gasteiger partial charge in [-0.2, -0.15) is 0 Å². The van der Waals surface area contributed by atoms with Crippen molar-refractivity contribution in [1.82, 2.24) is 20.5 Å². The average molecular weight is 614 g/mol. The first-order valence-corrected chi connectivity index (χ1v) is 15.9. The number of hydrogen-bond acceptors (Lipinski definition) is 7. The van der Waals surface area contributed by atoms with E-state index in [9.17, 15) is 14.7 Å². The number of aromatic hydroxyl groups is 1. The Labute approximate surface area is 264 Å². The molecule has 0 aliphatic carbocycles. The van der Waals surface area contributed by atoms with E-state index in [-0.39, 0.29) is 23.6 Å². The van der Waals surface area contributed by atoms with Gasteiger partial charge in [0.15, 0.2) is 0 Å². The van der Waals surface area contributed by atoms with E-state index >= 15 is 0 Å². The predicted octanol–water partition coefficient (Wildman–Crippen LogP) is 6.11. The fourth-order valence-corrected chi connectivity index (χ4v) is 5.98. The Bertz CT molecular complexity index is 1520. The number of phenolic OH excluding ortho intramolecular Hbond substituents is 1. The van der Waals surface area contributed by atoms with Crippen molar-refractivity contribution in [3.8, 4) is 5.75 Å². The summed E-state index contributed by atoms with van der Waals surface area (Å²) in [5.41, 5.74) is 5.11. The number of aryl methyl sites for hydroxylation is 2. The van der Waals surface area contributed by atoms with Gasteiger partial charge in [0.1, 0.15) is 10.8 Å². The first-order chi connectivity index (χ1) is 21.2. The molecular formula is C35H43N5O3S. The van der Waals surface area contributed by atoms with Gasteiger partial charge in [0.05, 0.1) is 6.04 Å². The van der Waals surface area contributed by atoms with Gasteiger partial charge < -0.3 is 25.5 Å². The fourth-order valence-electron chi connectivity index (χ4n) is 5.03. The maximum absolute atomic E-state index is 13.6. The van der Waals surface area contributed by atoms with Crippen LogP contribution in [0, 0.1) is 13.8 Å². The smallest absolute Gasteiger partial charge is 0.254 e. The van der Waals surface area contributed by atoms with Gasteiger partial charge >= 0.3 is 0 Å². The number of amides is 2. The van der Waals surface area contributed by atoms with Crippen LogP contribution in [0.5, 0.6) is 5.75 Å². The second-order valence-electron chi connectivity index (χ2n) is 11.3. The van der Waals surface area contributed by atoms with Gasteiger partial charge in [0.25, 0.3) is 11.8 Å². The number of likely N-dealkylation sites (tertiary alicyclic amines) is 1. The Morgan fingerprint density at radius 2 is 1.77 bits per heavy atom. The molecule has 44 heavy (non-hydrogen) atoms. The zero-order chi connectivity index (χ0) is 31.5. The van der Waals surface area contributed by atoms with E-state index in [1.54, 1.807) is 29.5 Å². The number of nitrogens with one attached hydrogen (secondary N) is 2. The molecule has 3 N–H and O–H groups in total. The van der Waals surface area contributed by atoms with Gasteiger partial charge in [-0.1, -0.05) is 48.0 Å². The molecule has 8 nitrogen and oxygen atoms in total. The number of nitrogens with zero attached hydrogens (tertiary/aromatic N) is 3. The van der Waals surface area contributed by atoms with Crippen LogP contribution in [0.4, 0.5) is 5.69 Å². The van der Waals surface area contributed by atoms with Crippen molar-refractivity contribution in [3.05, 3.63) is 111 Å². The van der Waals surface area contributed by atoms with E-state index < -0.39 is 0 Å². The van der Waals surface area contributed by atoms with E-state index in [1.807, 2.05) is 78.7 Å². The summed E-state index contributed by atoms with van der Waals surface area (Å²) in [5.74, 6) is -0.00795. The molecule has 1 atom stereocenters. The molecular weight excluding hydrogens is 570 g/mol. The van der Waals surface area contributed by atoms with E-state index in [0.29, 0.717) is 30.8 Å². The SMILES string of the molecule is Cc1ccccc1.Cc1csc(C2CCCN2C(=O)c2cc(C(=O)NCCCNCc3cccc(O)c3)cc(N(C)C)c2)n1. The number of carbonyl (C=O) groups is 2. The maximum Gasteiger partial charge on any atom is 0.254 e. The Morgan fingerprint density at radius 1 is 1.00 bits per heavy atom. The monoisotopic (exact) mass is 613 g/mol. The molecule has 232 valence electrons. The average Bonchev–Trinajstić information content (AvgIpc) is 3.68. The van der Waals surface area contributed by atoms with Crippen LogP contribution >= 0.6 is 11.3 Å². The molecule has 0 radical (unpaired) electrons. The summed E-state index contributed by atoms with van der Waals surface area (Å²) in [6, 6.07) is 22.8. The molecule has 2 heterocycles. The van der Waals surface area contributed by atoms with Crippen LogP contribution in [-0.4, -0.2) is 60.5 Å². The predicted molar refractivity (Wildman–Crippen MR) is 179 cm³/mol. The lowest BCUT2D eigenvalue weighted by molar-refractivity contribution is 0.0735. The largest absolute Gasteiger partial charge is 0.508 e. The molecule has 1 unspecified atom stereocenters. The van der Waals surface area contributed by atoms with Crippen molar-refractivity contribution in [2.24, 2.45) is 0 Å². The van der Waals surface area contributed by atoms with E-state index in [4.69, 9.17) is 0 Å². The van der Waals surface area contributed by atoms with E-state index in [2.05, 4.69) is 34.7 Å². The summed E-state index contributed by atoms with van der Waals surface area (Å²) in [5, 5.41) is 18.8. The minimum atomic E-state index is -0.195. The third kappa shape index (κ3) is 9.39. The zero-order valence-electron chi connectivity index (χ0n) is 26.0. The summed E-state index contributed by atoms with van der Waals surface area (Å²) in [6.45, 7) is 6.63. The second kappa shape index (κ2) is 16.0. The molecule has 1 aliphatic rings. The molecule has 1 fully saturated rings. The normalized spacial score (nSPS) is 14.1. The zero-order valence-corrected chi connectivity index (χ0v) is 26.9. The quantitative estimate of drug-likeness (QED) is 0.187. The van der Waals surface area contributed by atoms with Crippen LogP contribution in [0.1, 0.15) is 67.8 Å². The van der Waals surface area contributed by atoms with E-state index in [1.165, 1.54) is 5.56 Å². The van der Waals surface area contributed by atoms with Crippen molar-refractivity contribution in [3.63, 3.8) is 0 Å². The third-order valence-corrected chi connectivity index (χ3v) is 8.44. The number of aromatic nitrogens is 1. The van der Waals surface area contributed by atoms with Crippen LogP contribution < -0.4 is 15.5 Å². The van der Waals surface area contributed by atoms with Crippen LogP contribution in [-0.2, 0) is 6.54 Å². The van der Waals surface area contributed by atoms with Crippen molar-refractivity contribution >= 4 is 28.8 Å². The molecule has 2 amide bonds. The fraction of sp³-hybridized carbons (Fsp3) is 0.343. The lowest BCUT2D eigenvalue weighted by Crippen LogP contribution is -2.31. The third-order valence-electron chi connectivity index (χ3n) is 7.37. The number of hydrogen-bond donors (Lipinski definition) is 3. The van der Waals surface area contributed by atoms with Crippen LogP contribution in [0.25, 0.3) is 0 Å². The molecule has 3 aromatic carbocycles. The highest BCUT2D eigenvalue weighted by molar-refractivity contribution is 7.09. The summed E-state index contributed by atoms with van der Waals surface area (Å²) >= 11 is 1.60. The van der Waals surface area contributed by atoms with Crippen LogP contribution in [0.3, 0.4) is 0 Å². The van der Waals surface area contributed by atoms with Gasteiger partial charge in [0, 0.05) is 61.6 Å². The minimum Gasteiger partial charge on any atom is -0.508 e. The Kier molecular flexibility index (Phi) is 11.9. The first-order valence-electron chi connectivity index (χ1n) is 15.0. The Morgan fingerprint density at radius 3 is 2.43 bits per heavy atom. The van der Waals surface area contributed by atoms with Crippen molar-refractivity contribution in [1.29, 1.82) is 0 Å². The number of thiazole rings is 1. The lowest BCUT2D eigenvalue weighted by atomic mass is 10.1. The minimum absolute atomic E-state index is 0.0150. The Hall–Kier alpha value is -4.21. The molecule has 1 aliphatic heterocycles. The summed E-state index contributed by atoms with van der Waals surface area (Å²) in [4.78, 5) is 35.0. The highest BCUT2D eigenvalue weighted by atomic mass is 32.1. The standard InChI is InChI=1S/C28H35N5O3S.C7H8/c1-19-18-37-27(31-19)25-9-5-12-33(25)28(36)22-14-21(15-23(16-22)32(2)3)26(35)30-11-6-10-29-17-20-7-4-8-24(34)13-20;1-7-5-3-2-4-6-7/h4,7-8,13-16,18,25,29,34H,5-6,9-12,17H2,1-3H3,(H,30,35);2-6H,1H3. The van der Waals surface area contributed by atoms with Gasteiger partial charge in [-0.15, -0.1) is 11.3 Å². The number of phenols is 1. The van der Waals surface area contributed by atoms with Crippen molar-refractivity contribution in [2.45, 2.75) is 45.7 Å². The molecule has 0 spiro atoms. The first kappa shape index (κ1) is 32.7. The number of benzene rings is 3. The summed E-state index contributed by atoms with van der Waals surface area (Å²) in [7, 11) is 3.81. The number of anilines is 1. The number of carbonyl (C=O) groups excluding carboxylic acids is 2. The van der Waals surface area contributed by atoms with Crippen molar-refractivity contribution in [2.75, 3.05) is 38.6 Å². The highest BCUT2D eigenvalue weighted by Crippen LogP contribution is 2.35. The molecule has 9 heteroatoms. The van der Waals surface area contributed by atoms with Gasteiger partial charge in [-0.05, 0) is 75.5 Å². The molecule has 5 rings (SSSR count). The van der Waals surface area contributed by atoms with Gasteiger partial charge in [-0.3, -0.25) is 9.59 Å². The highest BCUT2D eigenvalue weighted by Gasteiger charge is 2.33. The van der Waals surface area contributed by atoms with Crippen LogP contribution in [0.15, 0.2) is 78.2 Å². The van der Waals surface area contributed by atoms with Gasteiger partial charge in [0.2, 0.25) is 0 Å². The van der Waals surface area contributed by atoms with Crippen LogP contribution in [0.2, 0.25) is 0 Å². The molecule has 0 saturated carbocycles. The summed E-state index contributed by atoms with van der Waals surface area (Å²) in [6.07, 6.45) is 2.60. The van der Waals surface area contributed by atoms with E-state index in [0.717, 1.165) is 47.8 Å². The van der Waals surface area contributed by atoms with Crippen molar-refractivity contribution < 1.29 is 14.7 Å². The molecule has 1 saturated heterocycles. The molecule has 4 aromatic rings. The maximum atomic E-state index is 13.6. The topological polar surface area (TPSA) is 97.8 Å².